The van der Waals surface area contributed by atoms with Crippen LogP contribution in [-0.4, -0.2) is 40.5 Å². The summed E-state index contributed by atoms with van der Waals surface area (Å²) >= 11 is 0. The summed E-state index contributed by atoms with van der Waals surface area (Å²) in [5, 5.41) is 0. The third kappa shape index (κ3) is 5.26. The lowest BCUT2D eigenvalue weighted by Gasteiger charge is -2.18. The molecule has 0 saturated carbocycles. The molecule has 0 spiro atoms. The van der Waals surface area contributed by atoms with Crippen LogP contribution in [0.25, 0.3) is 0 Å². The minimum Gasteiger partial charge on any atom is -0.379 e. The van der Waals surface area contributed by atoms with E-state index in [1.54, 1.807) is 14.2 Å². The Morgan fingerprint density at radius 1 is 0.938 bits per heavy atom. The number of quaternary nitrogens is 1. The van der Waals surface area contributed by atoms with Crippen LogP contribution in [0.4, 0.5) is 0 Å². The molecule has 3 heteroatoms. The standard InChI is InChI=1S/C13H21NO2/c1-15-10-8-14(9-11-16-2)12-13-6-4-3-5-7-13/h3-7H,8-12H2,1-2H3/p+1. The lowest BCUT2D eigenvalue weighted by atomic mass is 10.2. The maximum absolute atomic E-state index is 5.13. The van der Waals surface area contributed by atoms with Crippen LogP contribution >= 0.6 is 0 Å². The van der Waals surface area contributed by atoms with Gasteiger partial charge in [-0.25, -0.2) is 0 Å². The van der Waals surface area contributed by atoms with Gasteiger partial charge in [-0.05, 0) is 0 Å². The third-order valence-corrected chi connectivity index (χ3v) is 2.62. The fourth-order valence-electron chi connectivity index (χ4n) is 1.68. The highest BCUT2D eigenvalue weighted by molar-refractivity contribution is 5.13. The number of nitrogens with one attached hydrogen (secondary N) is 1. The second-order valence-corrected chi connectivity index (χ2v) is 3.90. The molecule has 0 fully saturated rings. The molecule has 1 rings (SSSR count). The van der Waals surface area contributed by atoms with E-state index >= 15 is 0 Å². The molecule has 3 nitrogen and oxygen atoms in total. The zero-order valence-electron chi connectivity index (χ0n) is 10.2. The summed E-state index contributed by atoms with van der Waals surface area (Å²) in [5.41, 5.74) is 1.37. The van der Waals surface area contributed by atoms with Crippen LogP contribution in [0.15, 0.2) is 30.3 Å². The first kappa shape index (κ1) is 13.2. The average molecular weight is 224 g/mol. The Balaban J connectivity index is 2.42. The fraction of sp³-hybridized carbons (Fsp3) is 0.538. The number of ether oxygens (including phenoxy) is 2. The highest BCUT2D eigenvalue weighted by Crippen LogP contribution is 1.94. The maximum Gasteiger partial charge on any atom is 0.103 e. The summed E-state index contributed by atoms with van der Waals surface area (Å²) in [6.07, 6.45) is 0. The van der Waals surface area contributed by atoms with Gasteiger partial charge in [-0.3, -0.25) is 0 Å². The minimum atomic E-state index is 0.798. The van der Waals surface area contributed by atoms with Crippen molar-refractivity contribution in [3.8, 4) is 0 Å². The van der Waals surface area contributed by atoms with Crippen molar-refractivity contribution in [2.24, 2.45) is 0 Å². The van der Waals surface area contributed by atoms with Gasteiger partial charge in [0.05, 0.1) is 13.2 Å². The molecule has 0 aliphatic heterocycles. The molecule has 0 aliphatic rings. The molecular weight excluding hydrogens is 202 g/mol. The van der Waals surface area contributed by atoms with Gasteiger partial charge in [-0.2, -0.15) is 0 Å². The van der Waals surface area contributed by atoms with E-state index in [0.717, 1.165) is 32.8 Å². The Bertz CT molecular complexity index is 256. The zero-order chi connectivity index (χ0) is 11.6. The first-order chi connectivity index (χ1) is 7.86. The highest BCUT2D eigenvalue weighted by atomic mass is 16.5. The molecule has 0 aliphatic carbocycles. The van der Waals surface area contributed by atoms with Gasteiger partial charge in [-0.1, -0.05) is 30.3 Å². The maximum atomic E-state index is 5.13. The monoisotopic (exact) mass is 224 g/mol. The smallest absolute Gasteiger partial charge is 0.103 e. The Hall–Kier alpha value is -0.900. The topological polar surface area (TPSA) is 22.9 Å². The first-order valence-electron chi connectivity index (χ1n) is 5.72. The number of hydrogen-bond acceptors (Lipinski definition) is 2. The summed E-state index contributed by atoms with van der Waals surface area (Å²) in [6, 6.07) is 10.5. The molecule has 0 saturated heterocycles. The molecule has 90 valence electrons. The largest absolute Gasteiger partial charge is 0.379 e. The van der Waals surface area contributed by atoms with Gasteiger partial charge < -0.3 is 14.4 Å². The molecular formula is C13H22NO2+. The van der Waals surface area contributed by atoms with Gasteiger partial charge in [0.1, 0.15) is 19.6 Å². The van der Waals surface area contributed by atoms with Gasteiger partial charge in [0, 0.05) is 19.8 Å². The van der Waals surface area contributed by atoms with Crippen molar-refractivity contribution in [3.05, 3.63) is 35.9 Å². The van der Waals surface area contributed by atoms with Gasteiger partial charge in [-0.15, -0.1) is 0 Å². The van der Waals surface area contributed by atoms with Crippen molar-refractivity contribution in [3.63, 3.8) is 0 Å². The molecule has 0 bridgehead atoms. The molecule has 1 N–H and O–H groups in total. The van der Waals surface area contributed by atoms with Crippen LogP contribution < -0.4 is 4.90 Å². The van der Waals surface area contributed by atoms with Crippen molar-refractivity contribution in [2.45, 2.75) is 6.54 Å². The fourth-order valence-corrected chi connectivity index (χ4v) is 1.68. The van der Waals surface area contributed by atoms with Crippen LogP contribution in [0.1, 0.15) is 5.56 Å². The van der Waals surface area contributed by atoms with E-state index in [9.17, 15) is 0 Å². The summed E-state index contributed by atoms with van der Waals surface area (Å²) in [7, 11) is 3.49. The van der Waals surface area contributed by atoms with Crippen LogP contribution in [0.2, 0.25) is 0 Å². The van der Waals surface area contributed by atoms with Crippen molar-refractivity contribution < 1.29 is 14.4 Å². The Kier molecular flexibility index (Phi) is 6.81. The Morgan fingerprint density at radius 3 is 2.00 bits per heavy atom. The zero-order valence-corrected chi connectivity index (χ0v) is 10.2. The lowest BCUT2D eigenvalue weighted by Crippen LogP contribution is -3.11. The van der Waals surface area contributed by atoms with Crippen LogP contribution in [0.5, 0.6) is 0 Å². The van der Waals surface area contributed by atoms with E-state index in [4.69, 9.17) is 9.47 Å². The van der Waals surface area contributed by atoms with Crippen LogP contribution in [-0.2, 0) is 16.0 Å². The van der Waals surface area contributed by atoms with Gasteiger partial charge >= 0.3 is 0 Å². The van der Waals surface area contributed by atoms with Crippen LogP contribution in [0, 0.1) is 0 Å². The quantitative estimate of drug-likeness (QED) is 0.689. The number of methoxy groups -OCH3 is 2. The Labute approximate surface area is 98.0 Å². The molecule has 1 aromatic rings. The number of rotatable bonds is 8. The average Bonchev–Trinajstić information content (AvgIpc) is 2.34. The van der Waals surface area contributed by atoms with Gasteiger partial charge in [0.25, 0.3) is 0 Å². The molecule has 0 atom stereocenters. The van der Waals surface area contributed by atoms with E-state index in [-0.39, 0.29) is 0 Å². The van der Waals surface area contributed by atoms with Gasteiger partial charge in [0.15, 0.2) is 0 Å². The summed E-state index contributed by atoms with van der Waals surface area (Å²) in [5.74, 6) is 0. The Morgan fingerprint density at radius 2 is 1.50 bits per heavy atom. The molecule has 0 aromatic heterocycles. The molecule has 0 heterocycles. The lowest BCUT2D eigenvalue weighted by molar-refractivity contribution is -0.914. The second-order valence-electron chi connectivity index (χ2n) is 3.90. The predicted molar refractivity (Wildman–Crippen MR) is 64.6 cm³/mol. The molecule has 1 aromatic carbocycles. The van der Waals surface area contributed by atoms with E-state index in [1.807, 2.05) is 6.07 Å². The van der Waals surface area contributed by atoms with Gasteiger partial charge in [0.2, 0.25) is 0 Å². The summed E-state index contributed by atoms with van der Waals surface area (Å²) in [6.45, 7) is 4.68. The summed E-state index contributed by atoms with van der Waals surface area (Å²) in [4.78, 5) is 1.50. The second kappa shape index (κ2) is 8.28. The number of hydrogen-bond donors (Lipinski definition) is 1. The number of benzene rings is 1. The molecule has 0 amide bonds. The van der Waals surface area contributed by atoms with Crippen molar-refractivity contribution in [1.29, 1.82) is 0 Å². The van der Waals surface area contributed by atoms with E-state index in [1.165, 1.54) is 10.5 Å². The van der Waals surface area contributed by atoms with Crippen LogP contribution in [0.3, 0.4) is 0 Å². The predicted octanol–water partition coefficient (Wildman–Crippen LogP) is 0.364. The highest BCUT2D eigenvalue weighted by Gasteiger charge is 2.08. The first-order valence-corrected chi connectivity index (χ1v) is 5.72. The van der Waals surface area contributed by atoms with E-state index < -0.39 is 0 Å². The van der Waals surface area contributed by atoms with E-state index in [0.29, 0.717) is 0 Å². The summed E-state index contributed by atoms with van der Waals surface area (Å²) < 4.78 is 10.3. The van der Waals surface area contributed by atoms with E-state index in [2.05, 4.69) is 24.3 Å². The minimum absolute atomic E-state index is 0.798. The van der Waals surface area contributed by atoms with Crippen molar-refractivity contribution in [2.75, 3.05) is 40.5 Å². The normalized spacial score (nSPS) is 10.9. The van der Waals surface area contributed by atoms with Crippen molar-refractivity contribution >= 4 is 0 Å². The molecule has 0 radical (unpaired) electrons. The van der Waals surface area contributed by atoms with Crippen molar-refractivity contribution in [1.82, 2.24) is 0 Å². The molecule has 16 heavy (non-hydrogen) atoms. The SMILES string of the molecule is COCC[NH+](CCOC)Cc1ccccc1. The molecule has 0 unspecified atom stereocenters. The third-order valence-electron chi connectivity index (χ3n) is 2.62.